The highest BCUT2D eigenvalue weighted by Crippen LogP contribution is 2.29. The zero-order chi connectivity index (χ0) is 15.2. The van der Waals surface area contributed by atoms with E-state index < -0.39 is 0 Å². The summed E-state index contributed by atoms with van der Waals surface area (Å²) in [6.45, 7) is 10.2. The molecule has 0 aromatic carbocycles. The molecule has 1 fully saturated rings. The number of hydrogen-bond acceptors (Lipinski definition) is 4. The fourth-order valence-electron chi connectivity index (χ4n) is 2.95. The van der Waals surface area contributed by atoms with Crippen molar-refractivity contribution in [2.75, 3.05) is 26.4 Å². The van der Waals surface area contributed by atoms with Crippen LogP contribution in [0.4, 0.5) is 0 Å². The summed E-state index contributed by atoms with van der Waals surface area (Å²) in [6, 6.07) is 0.281. The van der Waals surface area contributed by atoms with Gasteiger partial charge >= 0.3 is 0 Å². The third-order valence-corrected chi connectivity index (χ3v) is 4.05. The Morgan fingerprint density at radius 3 is 2.50 bits per heavy atom. The van der Waals surface area contributed by atoms with Crippen molar-refractivity contribution >= 4 is 5.91 Å². The lowest BCUT2D eigenvalue weighted by atomic mass is 9.80. The van der Waals surface area contributed by atoms with Crippen LogP contribution in [0.15, 0.2) is 0 Å². The Bertz CT molecular complexity index is 312. The van der Waals surface area contributed by atoms with Gasteiger partial charge in [-0.3, -0.25) is 4.79 Å². The van der Waals surface area contributed by atoms with Gasteiger partial charge in [-0.25, -0.2) is 0 Å². The highest BCUT2D eigenvalue weighted by atomic mass is 16.5. The Morgan fingerprint density at radius 1 is 1.40 bits per heavy atom. The normalized spacial score (nSPS) is 20.4. The first-order valence-electron chi connectivity index (χ1n) is 7.49. The van der Waals surface area contributed by atoms with E-state index in [1.807, 2.05) is 13.8 Å². The van der Waals surface area contributed by atoms with Gasteiger partial charge in [0.15, 0.2) is 0 Å². The van der Waals surface area contributed by atoms with Crippen molar-refractivity contribution < 1.29 is 14.6 Å². The van der Waals surface area contributed by atoms with Crippen LogP contribution in [0.1, 0.15) is 47.0 Å². The number of ether oxygens (including phenoxy) is 1. The van der Waals surface area contributed by atoms with E-state index in [1.165, 1.54) is 0 Å². The third-order valence-electron chi connectivity index (χ3n) is 4.05. The number of rotatable bonds is 7. The predicted octanol–water partition coefficient (Wildman–Crippen LogP) is 1.06. The molecular formula is C15H30N2O3. The van der Waals surface area contributed by atoms with Crippen LogP contribution in [0.5, 0.6) is 0 Å². The highest BCUT2D eigenvalue weighted by molar-refractivity contribution is 5.73. The number of carbonyl (C=O) groups is 1. The SMILES string of the molecule is CC(=O)NC(C)(C)C[C@H](C)NCC1(CO)CCOCC1. The number of carbonyl (C=O) groups excluding carboxylic acids is 1. The van der Waals surface area contributed by atoms with Crippen LogP contribution in [0, 0.1) is 5.41 Å². The summed E-state index contributed by atoms with van der Waals surface area (Å²) in [5.74, 6) is -0.00143. The summed E-state index contributed by atoms with van der Waals surface area (Å²) in [7, 11) is 0. The molecule has 20 heavy (non-hydrogen) atoms. The molecule has 1 atom stereocenters. The van der Waals surface area contributed by atoms with Crippen LogP contribution in [0.3, 0.4) is 0 Å². The minimum atomic E-state index is -0.222. The molecule has 5 heteroatoms. The summed E-state index contributed by atoms with van der Waals surface area (Å²) < 4.78 is 5.37. The van der Waals surface area contributed by atoms with Crippen molar-refractivity contribution in [3.8, 4) is 0 Å². The zero-order valence-electron chi connectivity index (χ0n) is 13.3. The van der Waals surface area contributed by atoms with Gasteiger partial charge in [-0.1, -0.05) is 0 Å². The highest BCUT2D eigenvalue weighted by Gasteiger charge is 2.32. The minimum Gasteiger partial charge on any atom is -0.396 e. The van der Waals surface area contributed by atoms with E-state index in [2.05, 4.69) is 17.6 Å². The van der Waals surface area contributed by atoms with Crippen molar-refractivity contribution in [1.29, 1.82) is 0 Å². The van der Waals surface area contributed by atoms with Crippen LogP contribution < -0.4 is 10.6 Å². The molecule has 0 aromatic heterocycles. The van der Waals surface area contributed by atoms with Gasteiger partial charge in [-0.2, -0.15) is 0 Å². The molecule has 0 aromatic rings. The molecular weight excluding hydrogens is 256 g/mol. The van der Waals surface area contributed by atoms with E-state index in [1.54, 1.807) is 6.92 Å². The van der Waals surface area contributed by atoms with Crippen molar-refractivity contribution in [3.63, 3.8) is 0 Å². The Morgan fingerprint density at radius 2 is 2.00 bits per heavy atom. The second-order valence-corrected chi connectivity index (χ2v) is 6.82. The topological polar surface area (TPSA) is 70.6 Å². The lowest BCUT2D eigenvalue weighted by molar-refractivity contribution is -0.120. The number of aliphatic hydroxyl groups is 1. The van der Waals surface area contributed by atoms with Gasteiger partial charge in [0, 0.05) is 43.7 Å². The van der Waals surface area contributed by atoms with E-state index in [-0.39, 0.29) is 29.5 Å². The van der Waals surface area contributed by atoms with Gasteiger partial charge in [0.25, 0.3) is 0 Å². The Labute approximate surface area is 122 Å². The van der Waals surface area contributed by atoms with Gasteiger partial charge in [0.1, 0.15) is 0 Å². The lowest BCUT2D eigenvalue weighted by Crippen LogP contribution is -2.49. The first kappa shape index (κ1) is 17.4. The maximum atomic E-state index is 11.2. The second-order valence-electron chi connectivity index (χ2n) is 6.82. The number of hydrogen-bond donors (Lipinski definition) is 3. The van der Waals surface area contributed by atoms with Crippen LogP contribution in [0.25, 0.3) is 0 Å². The standard InChI is InChI=1S/C15H30N2O3/c1-12(9-14(3,4)17-13(2)19)16-10-15(11-18)5-7-20-8-6-15/h12,16,18H,5-11H2,1-4H3,(H,17,19)/t12-/m0/s1. The van der Waals surface area contributed by atoms with Gasteiger partial charge in [-0.05, 0) is 40.0 Å². The molecule has 0 aliphatic carbocycles. The largest absolute Gasteiger partial charge is 0.396 e. The molecule has 5 nitrogen and oxygen atoms in total. The maximum absolute atomic E-state index is 11.2. The molecule has 0 spiro atoms. The van der Waals surface area contributed by atoms with E-state index in [0.717, 1.165) is 39.0 Å². The van der Waals surface area contributed by atoms with Crippen molar-refractivity contribution in [2.45, 2.75) is 58.5 Å². The fraction of sp³-hybridized carbons (Fsp3) is 0.933. The van der Waals surface area contributed by atoms with Crippen molar-refractivity contribution in [2.24, 2.45) is 5.41 Å². The molecule has 1 aliphatic heterocycles. The predicted molar refractivity (Wildman–Crippen MR) is 79.5 cm³/mol. The zero-order valence-corrected chi connectivity index (χ0v) is 13.3. The van der Waals surface area contributed by atoms with Gasteiger partial charge in [0.2, 0.25) is 5.91 Å². The van der Waals surface area contributed by atoms with Crippen LogP contribution in [0.2, 0.25) is 0 Å². The van der Waals surface area contributed by atoms with E-state index >= 15 is 0 Å². The number of amides is 1. The van der Waals surface area contributed by atoms with Gasteiger partial charge < -0.3 is 20.5 Å². The molecule has 1 aliphatic rings. The molecule has 1 rings (SSSR count). The number of aliphatic hydroxyl groups excluding tert-OH is 1. The lowest BCUT2D eigenvalue weighted by Gasteiger charge is -2.37. The summed E-state index contributed by atoms with van der Waals surface area (Å²) in [4.78, 5) is 11.2. The summed E-state index contributed by atoms with van der Waals surface area (Å²) >= 11 is 0. The summed E-state index contributed by atoms with van der Waals surface area (Å²) in [6.07, 6.45) is 2.65. The van der Waals surface area contributed by atoms with Crippen molar-refractivity contribution in [3.05, 3.63) is 0 Å². The van der Waals surface area contributed by atoms with Gasteiger partial charge in [0.05, 0.1) is 6.61 Å². The van der Waals surface area contributed by atoms with Crippen molar-refractivity contribution in [1.82, 2.24) is 10.6 Å². The number of nitrogens with one attached hydrogen (secondary N) is 2. The summed E-state index contributed by atoms with van der Waals surface area (Å²) in [5.41, 5.74) is -0.273. The quantitative estimate of drug-likeness (QED) is 0.654. The van der Waals surface area contributed by atoms with E-state index in [0.29, 0.717) is 0 Å². The summed E-state index contributed by atoms with van der Waals surface area (Å²) in [5, 5.41) is 16.1. The maximum Gasteiger partial charge on any atom is 0.217 e. The fourth-order valence-corrected chi connectivity index (χ4v) is 2.95. The Balaban J connectivity index is 2.41. The average molecular weight is 286 g/mol. The van der Waals surface area contributed by atoms with E-state index in [9.17, 15) is 9.90 Å². The third kappa shape index (κ3) is 5.77. The smallest absolute Gasteiger partial charge is 0.217 e. The Hall–Kier alpha value is -0.650. The molecule has 1 heterocycles. The first-order chi connectivity index (χ1) is 9.29. The molecule has 118 valence electrons. The molecule has 3 N–H and O–H groups in total. The van der Waals surface area contributed by atoms with Crippen LogP contribution >= 0.6 is 0 Å². The van der Waals surface area contributed by atoms with E-state index in [4.69, 9.17) is 4.74 Å². The Kier molecular flexibility index (Phi) is 6.43. The average Bonchev–Trinajstić information content (AvgIpc) is 2.35. The molecule has 0 saturated carbocycles. The van der Waals surface area contributed by atoms with Crippen LogP contribution in [-0.4, -0.2) is 49.0 Å². The molecule has 0 bridgehead atoms. The molecule has 1 saturated heterocycles. The molecule has 0 radical (unpaired) electrons. The molecule has 0 unspecified atom stereocenters. The minimum absolute atomic E-state index is 0.00143. The molecule has 1 amide bonds. The van der Waals surface area contributed by atoms with Crippen LogP contribution in [-0.2, 0) is 9.53 Å². The second kappa shape index (κ2) is 7.38. The monoisotopic (exact) mass is 286 g/mol. The van der Waals surface area contributed by atoms with Gasteiger partial charge in [-0.15, -0.1) is 0 Å². The first-order valence-corrected chi connectivity index (χ1v) is 7.49.